The van der Waals surface area contributed by atoms with Crippen LogP contribution >= 0.6 is 0 Å². The Labute approximate surface area is 113 Å². The van der Waals surface area contributed by atoms with Gasteiger partial charge in [-0.15, -0.1) is 0 Å². The number of hydrogen-bond acceptors (Lipinski definition) is 4. The van der Waals surface area contributed by atoms with Gasteiger partial charge in [-0.2, -0.15) is 0 Å². The molecule has 0 saturated heterocycles. The highest BCUT2D eigenvalue weighted by molar-refractivity contribution is 5.77. The smallest absolute Gasteiger partial charge is 0.257 e. The van der Waals surface area contributed by atoms with Crippen LogP contribution in [0.3, 0.4) is 0 Å². The number of pyridine rings is 1. The summed E-state index contributed by atoms with van der Waals surface area (Å²) in [6.45, 7) is 3.54. The molecule has 1 saturated carbocycles. The van der Waals surface area contributed by atoms with Gasteiger partial charge in [-0.25, -0.2) is 0 Å². The van der Waals surface area contributed by atoms with Gasteiger partial charge in [0.05, 0.1) is 11.9 Å². The zero-order valence-corrected chi connectivity index (χ0v) is 11.3. The summed E-state index contributed by atoms with van der Waals surface area (Å²) in [6, 6.07) is 4.46. The quantitative estimate of drug-likeness (QED) is 0.740. The highest BCUT2D eigenvalue weighted by Gasteiger charge is 2.20. The lowest BCUT2D eigenvalue weighted by atomic mass is 10.3. The van der Waals surface area contributed by atoms with E-state index in [9.17, 15) is 4.79 Å². The first-order valence-electron chi connectivity index (χ1n) is 6.85. The number of nitrogens with zero attached hydrogens (tertiary/aromatic N) is 1. The fourth-order valence-corrected chi connectivity index (χ4v) is 1.60. The van der Waals surface area contributed by atoms with Crippen molar-refractivity contribution in [2.75, 3.05) is 13.2 Å². The predicted molar refractivity (Wildman–Crippen MR) is 72.9 cm³/mol. The van der Waals surface area contributed by atoms with Crippen molar-refractivity contribution in [3.05, 3.63) is 24.0 Å². The van der Waals surface area contributed by atoms with Crippen molar-refractivity contribution in [3.8, 4) is 5.75 Å². The number of aromatic nitrogens is 1. The van der Waals surface area contributed by atoms with Crippen molar-refractivity contribution in [3.63, 3.8) is 0 Å². The molecule has 2 N–H and O–H groups in total. The Morgan fingerprint density at radius 3 is 2.95 bits per heavy atom. The summed E-state index contributed by atoms with van der Waals surface area (Å²) in [6.07, 6.45) is 5.13. The standard InChI is InChI=1S/C14H21N3O2/c1-2-7-15-14(18)10-19-13-6-5-12(17-9-13)8-16-11-3-4-11/h5-6,9,11,16H,2-4,7-8,10H2,1H3,(H,15,18). The van der Waals surface area contributed by atoms with E-state index < -0.39 is 0 Å². The van der Waals surface area contributed by atoms with Gasteiger partial charge in [0, 0.05) is 19.1 Å². The molecule has 19 heavy (non-hydrogen) atoms. The van der Waals surface area contributed by atoms with Gasteiger partial charge in [0.1, 0.15) is 5.75 Å². The molecule has 0 unspecified atom stereocenters. The molecule has 5 nitrogen and oxygen atoms in total. The number of rotatable bonds is 8. The molecule has 2 rings (SSSR count). The number of nitrogens with one attached hydrogen (secondary N) is 2. The Balaban J connectivity index is 1.69. The first-order chi connectivity index (χ1) is 9.28. The maximum Gasteiger partial charge on any atom is 0.257 e. The Kier molecular flexibility index (Phi) is 5.15. The van der Waals surface area contributed by atoms with Gasteiger partial charge >= 0.3 is 0 Å². The normalized spacial score (nSPS) is 14.2. The molecule has 0 aromatic carbocycles. The molecule has 0 spiro atoms. The molecule has 1 fully saturated rings. The maximum atomic E-state index is 11.4. The van der Waals surface area contributed by atoms with E-state index in [2.05, 4.69) is 15.6 Å². The topological polar surface area (TPSA) is 63.2 Å². The first-order valence-corrected chi connectivity index (χ1v) is 6.85. The van der Waals surface area contributed by atoms with Crippen LogP contribution in [0.25, 0.3) is 0 Å². The van der Waals surface area contributed by atoms with E-state index in [1.807, 2.05) is 19.1 Å². The molecule has 1 aromatic rings. The fourth-order valence-electron chi connectivity index (χ4n) is 1.60. The summed E-state index contributed by atoms with van der Waals surface area (Å²) in [4.78, 5) is 15.7. The van der Waals surface area contributed by atoms with Crippen LogP contribution in [0.1, 0.15) is 31.9 Å². The largest absolute Gasteiger partial charge is 0.482 e. The lowest BCUT2D eigenvalue weighted by molar-refractivity contribution is -0.123. The molecule has 5 heteroatoms. The second-order valence-corrected chi connectivity index (χ2v) is 4.78. The Morgan fingerprint density at radius 2 is 2.32 bits per heavy atom. The summed E-state index contributed by atoms with van der Waals surface area (Å²) >= 11 is 0. The summed E-state index contributed by atoms with van der Waals surface area (Å²) in [5.74, 6) is 0.531. The summed E-state index contributed by atoms with van der Waals surface area (Å²) in [5, 5.41) is 6.16. The minimum absolute atomic E-state index is 0.0430. The third-order valence-corrected chi connectivity index (χ3v) is 2.89. The van der Waals surface area contributed by atoms with E-state index >= 15 is 0 Å². The van der Waals surface area contributed by atoms with Gasteiger partial charge in [0.25, 0.3) is 5.91 Å². The van der Waals surface area contributed by atoms with Crippen molar-refractivity contribution in [2.45, 2.75) is 38.8 Å². The van der Waals surface area contributed by atoms with Crippen molar-refractivity contribution in [1.29, 1.82) is 0 Å². The van der Waals surface area contributed by atoms with E-state index in [0.29, 0.717) is 18.3 Å². The van der Waals surface area contributed by atoms with Crippen LogP contribution in [0.2, 0.25) is 0 Å². The van der Waals surface area contributed by atoms with E-state index in [0.717, 1.165) is 18.7 Å². The van der Waals surface area contributed by atoms with Crippen LogP contribution in [0.5, 0.6) is 5.75 Å². The Hall–Kier alpha value is -1.62. The lowest BCUT2D eigenvalue weighted by Gasteiger charge is -2.07. The van der Waals surface area contributed by atoms with Crippen molar-refractivity contribution in [2.24, 2.45) is 0 Å². The molecular weight excluding hydrogens is 242 g/mol. The molecule has 1 aliphatic carbocycles. The summed E-state index contributed by atoms with van der Waals surface area (Å²) < 4.78 is 5.36. The zero-order valence-electron chi connectivity index (χ0n) is 11.3. The highest BCUT2D eigenvalue weighted by Crippen LogP contribution is 2.19. The van der Waals surface area contributed by atoms with Crippen LogP contribution in [0.4, 0.5) is 0 Å². The Bertz CT molecular complexity index is 402. The Morgan fingerprint density at radius 1 is 1.47 bits per heavy atom. The molecule has 0 aliphatic heterocycles. The molecule has 1 amide bonds. The van der Waals surface area contributed by atoms with Crippen molar-refractivity contribution < 1.29 is 9.53 Å². The van der Waals surface area contributed by atoms with Crippen LogP contribution < -0.4 is 15.4 Å². The average Bonchev–Trinajstić information content (AvgIpc) is 3.26. The number of amides is 1. The van der Waals surface area contributed by atoms with Crippen molar-refractivity contribution >= 4 is 5.91 Å². The van der Waals surface area contributed by atoms with Gasteiger partial charge < -0.3 is 15.4 Å². The average molecular weight is 263 g/mol. The number of hydrogen-bond donors (Lipinski definition) is 2. The number of ether oxygens (including phenoxy) is 1. The summed E-state index contributed by atoms with van der Waals surface area (Å²) in [5.41, 5.74) is 0.995. The molecule has 1 heterocycles. The van der Waals surface area contributed by atoms with E-state index in [4.69, 9.17) is 4.74 Å². The second kappa shape index (κ2) is 7.09. The molecular formula is C14H21N3O2. The third-order valence-electron chi connectivity index (χ3n) is 2.89. The number of carbonyl (C=O) groups excluding carboxylic acids is 1. The monoisotopic (exact) mass is 263 g/mol. The molecule has 0 radical (unpaired) electrons. The lowest BCUT2D eigenvalue weighted by Crippen LogP contribution is -2.29. The van der Waals surface area contributed by atoms with E-state index in [1.165, 1.54) is 12.8 Å². The third kappa shape index (κ3) is 5.26. The van der Waals surface area contributed by atoms with Crippen LogP contribution in [0.15, 0.2) is 18.3 Å². The minimum atomic E-state index is -0.0960. The van der Waals surface area contributed by atoms with Crippen molar-refractivity contribution in [1.82, 2.24) is 15.6 Å². The van der Waals surface area contributed by atoms with Crippen LogP contribution in [-0.4, -0.2) is 30.1 Å². The first kappa shape index (κ1) is 13.8. The second-order valence-electron chi connectivity index (χ2n) is 4.78. The SMILES string of the molecule is CCCNC(=O)COc1ccc(CNC2CC2)nc1. The maximum absolute atomic E-state index is 11.4. The summed E-state index contributed by atoms with van der Waals surface area (Å²) in [7, 11) is 0. The fraction of sp³-hybridized carbons (Fsp3) is 0.571. The number of carbonyl (C=O) groups is 1. The molecule has 1 aromatic heterocycles. The minimum Gasteiger partial charge on any atom is -0.482 e. The molecule has 104 valence electrons. The van der Waals surface area contributed by atoms with Gasteiger partial charge in [-0.1, -0.05) is 6.92 Å². The zero-order chi connectivity index (χ0) is 13.5. The van der Waals surface area contributed by atoms with Gasteiger partial charge in [-0.05, 0) is 31.4 Å². The predicted octanol–water partition coefficient (Wildman–Crippen LogP) is 1.24. The van der Waals surface area contributed by atoms with Crippen LogP contribution in [0, 0.1) is 0 Å². The molecule has 1 aliphatic rings. The van der Waals surface area contributed by atoms with E-state index in [1.54, 1.807) is 6.20 Å². The van der Waals surface area contributed by atoms with Gasteiger partial charge in [0.2, 0.25) is 0 Å². The molecule has 0 atom stereocenters. The van der Waals surface area contributed by atoms with Crippen LogP contribution in [-0.2, 0) is 11.3 Å². The van der Waals surface area contributed by atoms with E-state index in [-0.39, 0.29) is 12.5 Å². The van der Waals surface area contributed by atoms with Gasteiger partial charge in [0.15, 0.2) is 6.61 Å². The molecule has 0 bridgehead atoms. The van der Waals surface area contributed by atoms with Gasteiger partial charge in [-0.3, -0.25) is 9.78 Å². The highest BCUT2D eigenvalue weighted by atomic mass is 16.5.